The first-order chi connectivity index (χ1) is 7.59. The van der Waals surface area contributed by atoms with E-state index in [-0.39, 0.29) is 4.90 Å². The highest BCUT2D eigenvalue weighted by Gasteiger charge is 2.05. The molecule has 0 aromatic heterocycles. The molecule has 0 aliphatic heterocycles. The summed E-state index contributed by atoms with van der Waals surface area (Å²) >= 11 is 0. The molecule has 2 rings (SSSR count). The maximum Gasteiger partial charge on any atom is 0.125 e. The summed E-state index contributed by atoms with van der Waals surface area (Å²) in [6, 6.07) is 11.5. The van der Waals surface area contributed by atoms with E-state index in [1.54, 1.807) is 36.4 Å². The molecule has 0 fully saturated rings. The maximum absolute atomic E-state index is 10.9. The van der Waals surface area contributed by atoms with Crippen LogP contribution in [0.2, 0.25) is 0 Å². The molecule has 0 spiro atoms. The first-order valence-corrected chi connectivity index (χ1v) is 6.43. The summed E-state index contributed by atoms with van der Waals surface area (Å²) in [5, 5.41) is 1.23. The minimum Gasteiger partial charge on any atom is -0.744 e. The predicted molar refractivity (Wildman–Crippen MR) is 63.3 cm³/mol. The summed E-state index contributed by atoms with van der Waals surface area (Å²) in [5.41, 5.74) is 0. The molecular formula is C12H13O3S-. The van der Waals surface area contributed by atoms with Crippen LogP contribution in [-0.2, 0) is 10.1 Å². The van der Waals surface area contributed by atoms with Gasteiger partial charge in [0.2, 0.25) is 0 Å². The zero-order valence-electron chi connectivity index (χ0n) is 9.17. The Morgan fingerprint density at radius 3 is 2.12 bits per heavy atom. The van der Waals surface area contributed by atoms with Crippen molar-refractivity contribution in [3.63, 3.8) is 0 Å². The van der Waals surface area contributed by atoms with Gasteiger partial charge in [-0.1, -0.05) is 50.2 Å². The summed E-state index contributed by atoms with van der Waals surface area (Å²) < 4.78 is 32.7. The summed E-state index contributed by atoms with van der Waals surface area (Å²) in [6.45, 7) is 4.00. The average molecular weight is 237 g/mol. The molecule has 0 bridgehead atoms. The molecule has 0 N–H and O–H groups in total. The Bertz CT molecular complexity index is 568. The van der Waals surface area contributed by atoms with Crippen molar-refractivity contribution in [1.82, 2.24) is 0 Å². The van der Waals surface area contributed by atoms with E-state index in [9.17, 15) is 13.0 Å². The van der Waals surface area contributed by atoms with Gasteiger partial charge >= 0.3 is 0 Å². The summed E-state index contributed by atoms with van der Waals surface area (Å²) in [5.74, 6) is 0. The molecule has 16 heavy (non-hydrogen) atoms. The Morgan fingerprint density at radius 1 is 0.938 bits per heavy atom. The van der Waals surface area contributed by atoms with Crippen LogP contribution in [0.5, 0.6) is 0 Å². The zero-order valence-corrected chi connectivity index (χ0v) is 9.99. The molecule has 0 aliphatic carbocycles. The lowest BCUT2D eigenvalue weighted by Gasteiger charge is -2.09. The molecular weight excluding hydrogens is 224 g/mol. The van der Waals surface area contributed by atoms with E-state index in [0.717, 1.165) is 5.39 Å². The van der Waals surface area contributed by atoms with Crippen molar-refractivity contribution >= 4 is 20.9 Å². The van der Waals surface area contributed by atoms with Crippen molar-refractivity contribution in [2.24, 2.45) is 0 Å². The Hall–Kier alpha value is -1.39. The van der Waals surface area contributed by atoms with Gasteiger partial charge in [0.1, 0.15) is 10.1 Å². The first-order valence-electron chi connectivity index (χ1n) is 5.03. The maximum atomic E-state index is 10.9. The third kappa shape index (κ3) is 2.59. The second-order valence-electron chi connectivity index (χ2n) is 2.93. The largest absolute Gasteiger partial charge is 0.744 e. The summed E-state index contributed by atoms with van der Waals surface area (Å²) in [6.07, 6.45) is 0. The number of rotatable bonds is 1. The van der Waals surface area contributed by atoms with Crippen molar-refractivity contribution in [1.29, 1.82) is 0 Å². The van der Waals surface area contributed by atoms with Gasteiger partial charge in [0.25, 0.3) is 0 Å². The third-order valence-corrected chi connectivity index (χ3v) is 2.91. The number of hydrogen-bond acceptors (Lipinski definition) is 3. The van der Waals surface area contributed by atoms with Gasteiger partial charge in [0, 0.05) is 0 Å². The molecule has 0 amide bonds. The van der Waals surface area contributed by atoms with Crippen LogP contribution in [0.1, 0.15) is 13.8 Å². The van der Waals surface area contributed by atoms with E-state index in [1.807, 2.05) is 13.8 Å². The molecule has 0 atom stereocenters. The van der Waals surface area contributed by atoms with Crippen LogP contribution in [0, 0.1) is 0 Å². The molecule has 3 nitrogen and oxygen atoms in total. The van der Waals surface area contributed by atoms with E-state index in [0.29, 0.717) is 5.39 Å². The second-order valence-corrected chi connectivity index (χ2v) is 4.28. The normalized spacial score (nSPS) is 10.7. The van der Waals surface area contributed by atoms with Gasteiger partial charge in [-0.2, -0.15) is 0 Å². The Labute approximate surface area is 95.5 Å². The highest BCUT2D eigenvalue weighted by Crippen LogP contribution is 2.21. The van der Waals surface area contributed by atoms with Gasteiger partial charge in [-0.05, 0) is 16.8 Å². The molecule has 0 saturated heterocycles. The summed E-state index contributed by atoms with van der Waals surface area (Å²) in [4.78, 5) is -0.157. The van der Waals surface area contributed by atoms with Crippen molar-refractivity contribution in [3.8, 4) is 0 Å². The molecule has 86 valence electrons. The van der Waals surface area contributed by atoms with Crippen LogP contribution >= 0.6 is 0 Å². The summed E-state index contributed by atoms with van der Waals surface area (Å²) in [7, 11) is -4.38. The van der Waals surface area contributed by atoms with Gasteiger partial charge in [0.05, 0.1) is 4.90 Å². The van der Waals surface area contributed by atoms with Crippen LogP contribution in [0.3, 0.4) is 0 Å². The molecule has 0 radical (unpaired) electrons. The topological polar surface area (TPSA) is 57.2 Å². The minimum absolute atomic E-state index is 0.157. The lowest BCUT2D eigenvalue weighted by Crippen LogP contribution is -1.98. The molecule has 0 saturated carbocycles. The van der Waals surface area contributed by atoms with E-state index in [2.05, 4.69) is 0 Å². The average Bonchev–Trinajstić information content (AvgIpc) is 2.30. The van der Waals surface area contributed by atoms with E-state index >= 15 is 0 Å². The lowest BCUT2D eigenvalue weighted by molar-refractivity contribution is 0.464. The van der Waals surface area contributed by atoms with Gasteiger partial charge < -0.3 is 4.55 Å². The van der Waals surface area contributed by atoms with Gasteiger partial charge in [0.15, 0.2) is 0 Å². The highest BCUT2D eigenvalue weighted by molar-refractivity contribution is 7.86. The number of hydrogen-bond donors (Lipinski definition) is 0. The van der Waals surface area contributed by atoms with E-state index in [1.165, 1.54) is 6.07 Å². The van der Waals surface area contributed by atoms with Crippen LogP contribution in [0.4, 0.5) is 0 Å². The van der Waals surface area contributed by atoms with Crippen LogP contribution in [0.25, 0.3) is 10.8 Å². The molecule has 2 aromatic carbocycles. The number of fused-ring (bicyclic) bond motifs is 1. The van der Waals surface area contributed by atoms with Crippen molar-refractivity contribution in [2.45, 2.75) is 18.7 Å². The Morgan fingerprint density at radius 2 is 1.50 bits per heavy atom. The zero-order chi connectivity index (χ0) is 12.2. The standard InChI is InChI=1S/C10H8O3S.C2H6/c11-14(12,13)10-7-3-5-8-4-1-2-6-9(8)10;1-2/h1-7H,(H,11,12,13);1-2H3/p-1. The molecule has 2 aromatic rings. The second kappa shape index (κ2) is 5.09. The quantitative estimate of drug-likeness (QED) is 0.716. The van der Waals surface area contributed by atoms with E-state index < -0.39 is 10.1 Å². The van der Waals surface area contributed by atoms with Crippen LogP contribution in [-0.4, -0.2) is 13.0 Å². The lowest BCUT2D eigenvalue weighted by atomic mass is 10.1. The van der Waals surface area contributed by atoms with Crippen molar-refractivity contribution in [2.75, 3.05) is 0 Å². The highest BCUT2D eigenvalue weighted by atomic mass is 32.2. The minimum atomic E-state index is -4.38. The van der Waals surface area contributed by atoms with Crippen molar-refractivity contribution < 1.29 is 13.0 Å². The third-order valence-electron chi connectivity index (χ3n) is 2.02. The molecule has 0 unspecified atom stereocenters. The van der Waals surface area contributed by atoms with E-state index in [4.69, 9.17) is 0 Å². The van der Waals surface area contributed by atoms with Gasteiger partial charge in [-0.25, -0.2) is 8.42 Å². The SMILES string of the molecule is CC.O=S(=O)([O-])c1cccc2ccccc12. The fourth-order valence-electron chi connectivity index (χ4n) is 1.41. The van der Waals surface area contributed by atoms with Crippen molar-refractivity contribution in [3.05, 3.63) is 42.5 Å². The molecule has 0 heterocycles. The van der Waals surface area contributed by atoms with Crippen LogP contribution < -0.4 is 0 Å². The van der Waals surface area contributed by atoms with Gasteiger partial charge in [-0.15, -0.1) is 0 Å². The Balaban J connectivity index is 0.000000606. The van der Waals surface area contributed by atoms with Gasteiger partial charge in [-0.3, -0.25) is 0 Å². The fourth-order valence-corrected chi connectivity index (χ4v) is 2.11. The van der Waals surface area contributed by atoms with Crippen LogP contribution in [0.15, 0.2) is 47.4 Å². The molecule has 0 aliphatic rings. The smallest absolute Gasteiger partial charge is 0.125 e. The fraction of sp³-hybridized carbons (Fsp3) is 0.167. The first kappa shape index (κ1) is 12.7. The monoisotopic (exact) mass is 237 g/mol. The molecule has 4 heteroatoms. The number of benzene rings is 2. The predicted octanol–water partition coefficient (Wildman–Crippen LogP) is 2.77. The Kier molecular flexibility index (Phi) is 4.04.